The van der Waals surface area contributed by atoms with E-state index in [1.54, 1.807) is 0 Å². The van der Waals surface area contributed by atoms with E-state index in [-0.39, 0.29) is 12.5 Å². The minimum atomic E-state index is 0.0531. The number of allylic oxidation sites excluding steroid dienone is 1. The zero-order chi connectivity index (χ0) is 13.5. The Bertz CT molecular complexity index is 322. The summed E-state index contributed by atoms with van der Waals surface area (Å²) in [6, 6.07) is 0.413. The highest BCUT2D eigenvalue weighted by atomic mass is 16.3. The van der Waals surface area contributed by atoms with Crippen molar-refractivity contribution in [1.29, 1.82) is 0 Å². The number of amides is 1. The first kappa shape index (κ1) is 14.5. The zero-order valence-electron chi connectivity index (χ0n) is 11.7. The predicted molar refractivity (Wildman–Crippen MR) is 75.9 cm³/mol. The largest absolute Gasteiger partial charge is 0.395 e. The van der Waals surface area contributed by atoms with Crippen LogP contribution in [0.3, 0.4) is 0 Å². The van der Waals surface area contributed by atoms with E-state index in [0.29, 0.717) is 19.0 Å². The number of carbonyl (C=O) groups is 1. The minimum absolute atomic E-state index is 0.0531. The Morgan fingerprint density at radius 3 is 2.95 bits per heavy atom. The van der Waals surface area contributed by atoms with Crippen molar-refractivity contribution in [2.75, 3.05) is 26.2 Å². The third kappa shape index (κ3) is 4.62. The van der Waals surface area contributed by atoms with E-state index >= 15 is 0 Å². The molecule has 0 radical (unpaired) electrons. The van der Waals surface area contributed by atoms with Crippen LogP contribution in [-0.2, 0) is 4.79 Å². The first-order chi connectivity index (χ1) is 9.29. The lowest BCUT2D eigenvalue weighted by atomic mass is 9.97. The number of hydrogen-bond donors (Lipinski definition) is 2. The second-order valence-electron chi connectivity index (χ2n) is 5.64. The first-order valence-corrected chi connectivity index (χ1v) is 7.59. The number of aliphatic hydroxyl groups excluding tert-OH is 1. The molecule has 1 saturated heterocycles. The fourth-order valence-electron chi connectivity index (χ4n) is 2.99. The number of nitrogens with zero attached hydrogens (tertiary/aromatic N) is 1. The summed E-state index contributed by atoms with van der Waals surface area (Å²) in [5.41, 5.74) is 1.29. The second kappa shape index (κ2) is 7.65. The maximum Gasteiger partial charge on any atom is 0.226 e. The van der Waals surface area contributed by atoms with Gasteiger partial charge in [0.15, 0.2) is 0 Å². The van der Waals surface area contributed by atoms with Gasteiger partial charge in [0, 0.05) is 25.6 Å². The van der Waals surface area contributed by atoms with Gasteiger partial charge in [0.05, 0.1) is 6.61 Å². The number of nitrogens with one attached hydrogen (secondary N) is 1. The lowest BCUT2D eigenvalue weighted by Gasteiger charge is -2.26. The summed E-state index contributed by atoms with van der Waals surface area (Å²) in [5, 5.41) is 12.6. The topological polar surface area (TPSA) is 52.6 Å². The Balaban J connectivity index is 1.85. The molecule has 1 fully saturated rings. The fraction of sp³-hybridized carbons (Fsp3) is 0.800. The maximum absolute atomic E-state index is 12.3. The van der Waals surface area contributed by atoms with Crippen molar-refractivity contribution >= 4 is 5.91 Å². The van der Waals surface area contributed by atoms with Crippen LogP contribution in [0.1, 0.15) is 44.9 Å². The predicted octanol–water partition coefficient (Wildman–Crippen LogP) is 1.45. The standard InChI is InChI=1S/C15H26N2O2/c18-10-9-17(12-14-7-4-8-16-14)15(19)11-13-5-2-1-3-6-13/h5,14,16,18H,1-4,6-12H2. The quantitative estimate of drug-likeness (QED) is 0.716. The Morgan fingerprint density at radius 1 is 1.42 bits per heavy atom. The maximum atomic E-state index is 12.3. The Morgan fingerprint density at radius 2 is 2.32 bits per heavy atom. The molecule has 1 aliphatic heterocycles. The summed E-state index contributed by atoms with van der Waals surface area (Å²) in [6.07, 6.45) is 9.76. The van der Waals surface area contributed by atoms with E-state index in [2.05, 4.69) is 11.4 Å². The van der Waals surface area contributed by atoms with Crippen molar-refractivity contribution in [2.24, 2.45) is 0 Å². The molecular formula is C15H26N2O2. The Kier molecular flexibility index (Phi) is 5.86. The van der Waals surface area contributed by atoms with Gasteiger partial charge in [-0.3, -0.25) is 4.79 Å². The third-order valence-electron chi connectivity index (χ3n) is 4.09. The van der Waals surface area contributed by atoms with Gasteiger partial charge in [-0.05, 0) is 45.1 Å². The van der Waals surface area contributed by atoms with Gasteiger partial charge < -0.3 is 15.3 Å². The summed E-state index contributed by atoms with van der Waals surface area (Å²) in [6.45, 7) is 2.31. The van der Waals surface area contributed by atoms with Crippen LogP contribution in [0.4, 0.5) is 0 Å². The van der Waals surface area contributed by atoms with Crippen LogP contribution in [0.5, 0.6) is 0 Å². The SMILES string of the molecule is O=C(CC1=CCCCC1)N(CCO)CC1CCCN1. The van der Waals surface area contributed by atoms with Gasteiger partial charge in [-0.1, -0.05) is 11.6 Å². The van der Waals surface area contributed by atoms with E-state index in [1.807, 2.05) is 4.90 Å². The molecular weight excluding hydrogens is 240 g/mol. The molecule has 2 rings (SSSR count). The average molecular weight is 266 g/mol. The van der Waals surface area contributed by atoms with Crippen molar-refractivity contribution < 1.29 is 9.90 Å². The average Bonchev–Trinajstić information content (AvgIpc) is 2.92. The number of hydrogen-bond acceptors (Lipinski definition) is 3. The van der Waals surface area contributed by atoms with Gasteiger partial charge in [-0.15, -0.1) is 0 Å². The van der Waals surface area contributed by atoms with Gasteiger partial charge in [-0.25, -0.2) is 0 Å². The number of rotatable bonds is 6. The molecule has 1 atom stereocenters. The van der Waals surface area contributed by atoms with Gasteiger partial charge in [0.2, 0.25) is 5.91 Å². The van der Waals surface area contributed by atoms with Crippen LogP contribution < -0.4 is 5.32 Å². The van der Waals surface area contributed by atoms with Crippen LogP contribution in [0.15, 0.2) is 11.6 Å². The Hall–Kier alpha value is -0.870. The first-order valence-electron chi connectivity index (χ1n) is 7.59. The zero-order valence-corrected chi connectivity index (χ0v) is 11.7. The highest BCUT2D eigenvalue weighted by Crippen LogP contribution is 2.21. The monoisotopic (exact) mass is 266 g/mol. The highest BCUT2D eigenvalue weighted by Gasteiger charge is 2.21. The molecule has 108 valence electrons. The Labute approximate surface area is 115 Å². The van der Waals surface area contributed by atoms with Crippen LogP contribution in [0, 0.1) is 0 Å². The molecule has 1 heterocycles. The molecule has 4 nitrogen and oxygen atoms in total. The lowest BCUT2D eigenvalue weighted by molar-refractivity contribution is -0.131. The molecule has 0 aromatic rings. The molecule has 1 aliphatic carbocycles. The summed E-state index contributed by atoms with van der Waals surface area (Å²) >= 11 is 0. The van der Waals surface area contributed by atoms with Crippen LogP contribution >= 0.6 is 0 Å². The van der Waals surface area contributed by atoms with E-state index in [1.165, 1.54) is 24.8 Å². The van der Waals surface area contributed by atoms with E-state index in [9.17, 15) is 4.79 Å². The van der Waals surface area contributed by atoms with Crippen LogP contribution in [-0.4, -0.2) is 48.2 Å². The van der Waals surface area contributed by atoms with Crippen molar-refractivity contribution in [1.82, 2.24) is 10.2 Å². The fourth-order valence-corrected chi connectivity index (χ4v) is 2.99. The van der Waals surface area contributed by atoms with Crippen molar-refractivity contribution in [2.45, 2.75) is 51.0 Å². The smallest absolute Gasteiger partial charge is 0.226 e. The highest BCUT2D eigenvalue weighted by molar-refractivity contribution is 5.78. The summed E-state index contributed by atoms with van der Waals surface area (Å²) < 4.78 is 0. The van der Waals surface area contributed by atoms with E-state index in [0.717, 1.165) is 32.4 Å². The minimum Gasteiger partial charge on any atom is -0.395 e. The molecule has 2 aliphatic rings. The molecule has 2 N–H and O–H groups in total. The van der Waals surface area contributed by atoms with Gasteiger partial charge in [0.25, 0.3) is 0 Å². The van der Waals surface area contributed by atoms with Gasteiger partial charge in [0.1, 0.15) is 0 Å². The molecule has 0 spiro atoms. The molecule has 0 aromatic carbocycles. The molecule has 0 bridgehead atoms. The summed E-state index contributed by atoms with van der Waals surface area (Å²) in [4.78, 5) is 14.2. The molecule has 19 heavy (non-hydrogen) atoms. The molecule has 4 heteroatoms. The summed E-state index contributed by atoms with van der Waals surface area (Å²) in [5.74, 6) is 0.177. The molecule has 0 saturated carbocycles. The normalized spacial score (nSPS) is 23.2. The van der Waals surface area contributed by atoms with Crippen LogP contribution in [0.2, 0.25) is 0 Å². The van der Waals surface area contributed by atoms with Crippen molar-refractivity contribution in [3.05, 3.63) is 11.6 Å². The van der Waals surface area contributed by atoms with E-state index < -0.39 is 0 Å². The van der Waals surface area contributed by atoms with Crippen molar-refractivity contribution in [3.8, 4) is 0 Å². The van der Waals surface area contributed by atoms with Gasteiger partial charge >= 0.3 is 0 Å². The number of carbonyl (C=O) groups excluding carboxylic acids is 1. The lowest BCUT2D eigenvalue weighted by Crippen LogP contribution is -2.42. The van der Waals surface area contributed by atoms with Gasteiger partial charge in [-0.2, -0.15) is 0 Å². The second-order valence-corrected chi connectivity index (χ2v) is 5.64. The molecule has 1 amide bonds. The third-order valence-corrected chi connectivity index (χ3v) is 4.09. The molecule has 0 aromatic heterocycles. The molecule has 1 unspecified atom stereocenters. The van der Waals surface area contributed by atoms with E-state index in [4.69, 9.17) is 5.11 Å². The number of aliphatic hydroxyl groups is 1. The summed E-state index contributed by atoms with van der Waals surface area (Å²) in [7, 11) is 0. The van der Waals surface area contributed by atoms with Crippen LogP contribution in [0.25, 0.3) is 0 Å². The van der Waals surface area contributed by atoms with Crippen molar-refractivity contribution in [3.63, 3.8) is 0 Å².